The first-order chi connectivity index (χ1) is 11.9. The highest BCUT2D eigenvalue weighted by Crippen LogP contribution is 2.37. The maximum absolute atomic E-state index is 11.0. The van der Waals surface area contributed by atoms with Gasteiger partial charge in [0.05, 0.1) is 25.7 Å². The van der Waals surface area contributed by atoms with Crippen molar-refractivity contribution in [2.45, 2.75) is 13.3 Å². The number of benzene rings is 2. The first-order valence-electron chi connectivity index (χ1n) is 7.24. The highest BCUT2D eigenvalue weighted by molar-refractivity contribution is 6.44. The number of nitrogens with one attached hydrogen (secondary N) is 1. The summed E-state index contributed by atoms with van der Waals surface area (Å²) in [6.45, 7) is 1.93. The summed E-state index contributed by atoms with van der Waals surface area (Å²) in [5, 5.41) is 19.5. The van der Waals surface area contributed by atoms with E-state index in [2.05, 4.69) is 10.5 Å². The van der Waals surface area contributed by atoms with Crippen LogP contribution < -0.4 is 15.7 Å². The predicted molar refractivity (Wildman–Crippen MR) is 100 cm³/mol. The zero-order valence-corrected chi connectivity index (χ0v) is 15.2. The molecule has 1 aliphatic rings. The van der Waals surface area contributed by atoms with Crippen LogP contribution >= 0.6 is 34.8 Å². The van der Waals surface area contributed by atoms with Gasteiger partial charge in [0.15, 0.2) is 0 Å². The second-order valence-corrected chi connectivity index (χ2v) is 6.33. The summed E-state index contributed by atoms with van der Waals surface area (Å²) in [4.78, 5) is 10.6. The number of amidine groups is 1. The van der Waals surface area contributed by atoms with Crippen LogP contribution in [0.2, 0.25) is 15.1 Å². The van der Waals surface area contributed by atoms with Crippen LogP contribution in [-0.4, -0.2) is 10.8 Å². The van der Waals surface area contributed by atoms with Crippen molar-refractivity contribution in [3.8, 4) is 0 Å². The Bertz CT molecular complexity index is 874. The molecule has 0 amide bonds. The quantitative estimate of drug-likeness (QED) is 0.443. The first kappa shape index (κ1) is 17.6. The Morgan fingerprint density at radius 1 is 1.16 bits per heavy atom. The molecule has 130 valence electrons. The molecule has 2 aromatic rings. The third-order valence-corrected chi connectivity index (χ3v) is 4.49. The van der Waals surface area contributed by atoms with Crippen LogP contribution in [-0.2, 0) is 0 Å². The van der Waals surface area contributed by atoms with Gasteiger partial charge in [0, 0.05) is 18.6 Å². The van der Waals surface area contributed by atoms with Gasteiger partial charge in [0.1, 0.15) is 11.5 Å². The van der Waals surface area contributed by atoms with Crippen LogP contribution in [0.25, 0.3) is 0 Å². The maximum atomic E-state index is 11.0. The Labute approximate surface area is 158 Å². The molecule has 0 spiro atoms. The van der Waals surface area contributed by atoms with E-state index in [1.807, 2.05) is 6.92 Å². The minimum Gasteiger partial charge on any atom is -0.263 e. The van der Waals surface area contributed by atoms with Crippen LogP contribution in [0.15, 0.2) is 41.5 Å². The molecule has 1 aliphatic heterocycles. The van der Waals surface area contributed by atoms with Gasteiger partial charge in [-0.15, -0.1) is 10.2 Å². The zero-order chi connectivity index (χ0) is 18.1. The van der Waals surface area contributed by atoms with Crippen LogP contribution in [0.1, 0.15) is 13.3 Å². The van der Waals surface area contributed by atoms with Gasteiger partial charge in [-0.25, -0.2) is 0 Å². The Morgan fingerprint density at radius 3 is 2.56 bits per heavy atom. The van der Waals surface area contributed by atoms with Crippen molar-refractivity contribution < 1.29 is 4.92 Å². The van der Waals surface area contributed by atoms with E-state index in [1.54, 1.807) is 23.3 Å². The summed E-state index contributed by atoms with van der Waals surface area (Å²) in [6.07, 6.45) is 0.626. The number of hydrogen-bond acceptors (Lipinski definition) is 6. The number of hydrogen-bond donors (Lipinski definition) is 1. The molecule has 0 aromatic heterocycles. The lowest BCUT2D eigenvalue weighted by atomic mass is 10.3. The topological polar surface area (TPSA) is 74.0 Å². The van der Waals surface area contributed by atoms with Crippen molar-refractivity contribution in [1.82, 2.24) is 5.43 Å². The predicted octanol–water partition coefficient (Wildman–Crippen LogP) is 5.02. The molecule has 0 bridgehead atoms. The minimum absolute atomic E-state index is 0.0376. The molecule has 0 atom stereocenters. The van der Waals surface area contributed by atoms with E-state index in [9.17, 15) is 10.1 Å². The van der Waals surface area contributed by atoms with Gasteiger partial charge in [-0.05, 0) is 18.2 Å². The number of halogens is 3. The lowest BCUT2D eigenvalue weighted by Gasteiger charge is -2.28. The number of nitrogens with zero attached hydrogens (tertiary/aromatic N) is 4. The number of nitro benzene ring substituents is 1. The van der Waals surface area contributed by atoms with E-state index in [4.69, 9.17) is 34.8 Å². The van der Waals surface area contributed by atoms with Crippen LogP contribution in [0.3, 0.4) is 0 Å². The van der Waals surface area contributed by atoms with Crippen molar-refractivity contribution in [2.75, 3.05) is 10.2 Å². The molecule has 25 heavy (non-hydrogen) atoms. The Hall–Kier alpha value is -2.22. The number of hydrazine groups is 2. The fourth-order valence-corrected chi connectivity index (χ4v) is 2.86. The molecule has 0 saturated heterocycles. The zero-order valence-electron chi connectivity index (χ0n) is 12.9. The van der Waals surface area contributed by atoms with Crippen molar-refractivity contribution in [2.24, 2.45) is 5.10 Å². The van der Waals surface area contributed by atoms with Crippen molar-refractivity contribution in [3.05, 3.63) is 61.6 Å². The van der Waals surface area contributed by atoms with Gasteiger partial charge in [0.2, 0.25) is 0 Å². The Morgan fingerprint density at radius 2 is 1.88 bits per heavy atom. The third kappa shape index (κ3) is 3.44. The van der Waals surface area contributed by atoms with Gasteiger partial charge >= 0.3 is 0 Å². The van der Waals surface area contributed by atoms with Crippen LogP contribution in [0.5, 0.6) is 0 Å². The molecular weight excluding hydrogens is 389 g/mol. The molecule has 0 radical (unpaired) electrons. The van der Waals surface area contributed by atoms with E-state index >= 15 is 0 Å². The van der Waals surface area contributed by atoms with E-state index in [-0.39, 0.29) is 5.69 Å². The molecule has 0 saturated carbocycles. The molecule has 0 aliphatic carbocycles. The first-order valence-corrected chi connectivity index (χ1v) is 8.37. The summed E-state index contributed by atoms with van der Waals surface area (Å²) >= 11 is 18.4. The number of rotatable bonds is 4. The Balaban J connectivity index is 2.06. The summed E-state index contributed by atoms with van der Waals surface area (Å²) < 4.78 is 0. The van der Waals surface area contributed by atoms with Gasteiger partial charge in [-0.1, -0.05) is 47.8 Å². The van der Waals surface area contributed by atoms with Gasteiger partial charge in [-0.3, -0.25) is 15.5 Å². The van der Waals surface area contributed by atoms with Gasteiger partial charge in [0.25, 0.3) is 5.69 Å². The van der Waals surface area contributed by atoms with Crippen LogP contribution in [0, 0.1) is 10.1 Å². The van der Waals surface area contributed by atoms with Crippen molar-refractivity contribution in [1.29, 1.82) is 0 Å². The second kappa shape index (κ2) is 6.95. The van der Waals surface area contributed by atoms with E-state index in [0.29, 0.717) is 38.7 Å². The number of nitro groups is 1. The van der Waals surface area contributed by atoms with Crippen molar-refractivity contribution in [3.63, 3.8) is 0 Å². The lowest BCUT2D eigenvalue weighted by Crippen LogP contribution is -2.44. The summed E-state index contributed by atoms with van der Waals surface area (Å²) in [7, 11) is 0. The fourth-order valence-electron chi connectivity index (χ4n) is 2.24. The molecule has 1 N–H and O–H groups in total. The molecule has 10 heteroatoms. The largest absolute Gasteiger partial charge is 0.271 e. The monoisotopic (exact) mass is 399 g/mol. The number of anilines is 2. The average Bonchev–Trinajstić information content (AvgIpc) is 3.02. The molecule has 0 unspecified atom stereocenters. The minimum atomic E-state index is -0.461. The van der Waals surface area contributed by atoms with Gasteiger partial charge < -0.3 is 0 Å². The number of non-ortho nitro benzene ring substituents is 1. The third-order valence-electron chi connectivity index (χ3n) is 3.47. The van der Waals surface area contributed by atoms with Gasteiger partial charge in [-0.2, -0.15) is 5.12 Å². The molecule has 2 aromatic carbocycles. The molecular formula is C15H12Cl3N5O2. The average molecular weight is 401 g/mol. The second-order valence-electron chi connectivity index (χ2n) is 5.11. The Kier molecular flexibility index (Phi) is 4.89. The highest BCUT2D eigenvalue weighted by Gasteiger charge is 2.28. The smallest absolute Gasteiger partial charge is 0.263 e. The summed E-state index contributed by atoms with van der Waals surface area (Å²) in [5.74, 6) is 0.661. The normalized spacial score (nSPS) is 13.7. The SMILES string of the molecule is CCC1=NN(c2cc(Cl)c(Cl)cc2Cl)N(c2cccc([N+](=O)[O-])c2)N1. The standard InChI is InChI=1S/C15H12Cl3N5O2/c1-2-15-19-21(9-4-3-5-10(6-9)23(24)25)22(20-15)14-8-12(17)11(16)7-13(14)18/h3-8H,2H2,1H3,(H,19,20). The number of hydrazone groups is 1. The highest BCUT2D eigenvalue weighted by atomic mass is 35.5. The van der Waals surface area contributed by atoms with Crippen LogP contribution in [0.4, 0.5) is 17.1 Å². The lowest BCUT2D eigenvalue weighted by molar-refractivity contribution is -0.384. The summed E-state index contributed by atoms with van der Waals surface area (Å²) in [6, 6.07) is 9.25. The maximum Gasteiger partial charge on any atom is 0.271 e. The fraction of sp³-hybridized carbons (Fsp3) is 0.133. The van der Waals surface area contributed by atoms with E-state index < -0.39 is 4.92 Å². The van der Waals surface area contributed by atoms with E-state index in [1.165, 1.54) is 23.3 Å². The molecule has 1 heterocycles. The van der Waals surface area contributed by atoms with Crippen molar-refractivity contribution >= 4 is 57.7 Å². The molecule has 0 fully saturated rings. The summed E-state index contributed by atoms with van der Waals surface area (Å²) in [5.41, 5.74) is 4.05. The van der Waals surface area contributed by atoms with E-state index in [0.717, 1.165) is 0 Å². The molecule has 3 rings (SSSR count). The molecule has 7 nitrogen and oxygen atoms in total.